The molecule has 4 heteroatoms. The van der Waals surface area contributed by atoms with E-state index in [9.17, 15) is 4.79 Å². The van der Waals surface area contributed by atoms with Crippen LogP contribution >= 0.6 is 11.3 Å². The number of hydrogen-bond acceptors (Lipinski definition) is 3. The molecule has 0 unspecified atom stereocenters. The molecular formula is C19H18N2OS. The van der Waals surface area contributed by atoms with E-state index in [0.29, 0.717) is 13.0 Å². The normalized spacial score (nSPS) is 10.4. The average Bonchev–Trinajstić information content (AvgIpc) is 3.02. The van der Waals surface area contributed by atoms with Crippen molar-refractivity contribution < 1.29 is 4.79 Å². The monoisotopic (exact) mass is 322 g/mol. The van der Waals surface area contributed by atoms with E-state index in [0.717, 1.165) is 22.7 Å². The highest BCUT2D eigenvalue weighted by atomic mass is 32.1. The number of amides is 1. The number of hydrogen-bond donors (Lipinski definition) is 1. The summed E-state index contributed by atoms with van der Waals surface area (Å²) in [5.41, 5.74) is 3.19. The molecule has 1 amide bonds. The number of nitrogens with zero attached hydrogens (tertiary/aromatic N) is 1. The second-order valence-corrected chi connectivity index (χ2v) is 6.28. The summed E-state index contributed by atoms with van der Waals surface area (Å²) < 4.78 is 0. The third kappa shape index (κ3) is 4.76. The summed E-state index contributed by atoms with van der Waals surface area (Å²) in [6.45, 7) is 0.483. The predicted molar refractivity (Wildman–Crippen MR) is 93.4 cm³/mol. The largest absolute Gasteiger partial charge is 0.350 e. The van der Waals surface area contributed by atoms with Crippen LogP contribution in [0.1, 0.15) is 21.8 Å². The summed E-state index contributed by atoms with van der Waals surface area (Å²) in [5.74, 6) is 0.0220. The van der Waals surface area contributed by atoms with E-state index in [1.165, 1.54) is 5.56 Å². The Balaban J connectivity index is 1.50. The van der Waals surface area contributed by atoms with Gasteiger partial charge >= 0.3 is 0 Å². The fourth-order valence-electron chi connectivity index (χ4n) is 2.31. The quantitative estimate of drug-likeness (QED) is 0.753. The summed E-state index contributed by atoms with van der Waals surface area (Å²) in [5, 5.41) is 6.02. The molecule has 0 radical (unpaired) electrons. The minimum absolute atomic E-state index is 0.0220. The molecule has 0 aliphatic rings. The summed E-state index contributed by atoms with van der Waals surface area (Å²) >= 11 is 1.64. The van der Waals surface area contributed by atoms with E-state index >= 15 is 0 Å². The summed E-state index contributed by atoms with van der Waals surface area (Å²) in [4.78, 5) is 16.5. The van der Waals surface area contributed by atoms with Crippen LogP contribution < -0.4 is 5.32 Å². The number of carbonyl (C=O) groups excluding carboxylic acids is 1. The van der Waals surface area contributed by atoms with Gasteiger partial charge in [-0.3, -0.25) is 4.79 Å². The summed E-state index contributed by atoms with van der Waals surface area (Å²) in [6.07, 6.45) is 1.24. The fraction of sp³-hybridized carbons (Fsp3) is 0.158. The smallest absolute Gasteiger partial charge is 0.224 e. The number of rotatable bonds is 6. The lowest BCUT2D eigenvalue weighted by Crippen LogP contribution is -2.24. The van der Waals surface area contributed by atoms with Gasteiger partial charge in [0.2, 0.25) is 5.91 Å². The van der Waals surface area contributed by atoms with Gasteiger partial charge in [0.15, 0.2) is 0 Å². The molecule has 0 spiro atoms. The topological polar surface area (TPSA) is 42.0 Å². The van der Waals surface area contributed by atoms with E-state index in [1.54, 1.807) is 11.3 Å². The molecule has 0 saturated carbocycles. The Hall–Kier alpha value is -2.46. The van der Waals surface area contributed by atoms with Gasteiger partial charge in [0.05, 0.1) is 23.7 Å². The number of benzene rings is 2. The van der Waals surface area contributed by atoms with Crippen LogP contribution in [0.3, 0.4) is 0 Å². The Morgan fingerprint density at radius 1 is 0.957 bits per heavy atom. The van der Waals surface area contributed by atoms with Crippen molar-refractivity contribution in [1.82, 2.24) is 10.3 Å². The third-order valence-electron chi connectivity index (χ3n) is 3.47. The van der Waals surface area contributed by atoms with Gasteiger partial charge in [-0.05, 0) is 11.1 Å². The molecule has 3 aromatic rings. The van der Waals surface area contributed by atoms with Gasteiger partial charge in [0, 0.05) is 11.8 Å². The van der Waals surface area contributed by atoms with Crippen LogP contribution in [0, 0.1) is 0 Å². The molecular weight excluding hydrogens is 304 g/mol. The lowest BCUT2D eigenvalue weighted by atomic mass is 10.1. The predicted octanol–water partition coefficient (Wildman–Crippen LogP) is 3.59. The molecule has 3 nitrogen and oxygen atoms in total. The van der Waals surface area contributed by atoms with Crippen molar-refractivity contribution in [3.8, 4) is 0 Å². The molecule has 2 aromatic carbocycles. The van der Waals surface area contributed by atoms with Gasteiger partial charge < -0.3 is 5.32 Å². The van der Waals surface area contributed by atoms with Gasteiger partial charge in [0.1, 0.15) is 0 Å². The number of carbonyl (C=O) groups is 1. The zero-order chi connectivity index (χ0) is 15.9. The molecule has 0 atom stereocenters. The molecule has 0 fully saturated rings. The Bertz CT molecular complexity index is 753. The lowest BCUT2D eigenvalue weighted by molar-refractivity contribution is -0.120. The highest BCUT2D eigenvalue weighted by Crippen LogP contribution is 2.14. The Labute approximate surface area is 140 Å². The van der Waals surface area contributed by atoms with Crippen molar-refractivity contribution in [3.63, 3.8) is 0 Å². The SMILES string of the molecule is O=C(Cc1ccccc1)NCc1csc(Cc2ccccc2)n1. The molecule has 0 saturated heterocycles. The first-order valence-corrected chi connectivity index (χ1v) is 8.45. The van der Waals surface area contributed by atoms with Gasteiger partial charge in [-0.1, -0.05) is 60.7 Å². The van der Waals surface area contributed by atoms with Gasteiger partial charge in [-0.2, -0.15) is 0 Å². The number of nitrogens with one attached hydrogen (secondary N) is 1. The van der Waals surface area contributed by atoms with Crippen LogP contribution in [0.15, 0.2) is 66.0 Å². The zero-order valence-corrected chi connectivity index (χ0v) is 13.6. The molecule has 1 N–H and O–H groups in total. The van der Waals surface area contributed by atoms with Gasteiger partial charge in [-0.25, -0.2) is 4.98 Å². The minimum Gasteiger partial charge on any atom is -0.350 e. The average molecular weight is 322 g/mol. The van der Waals surface area contributed by atoms with Crippen molar-refractivity contribution >= 4 is 17.2 Å². The van der Waals surface area contributed by atoms with Gasteiger partial charge in [0.25, 0.3) is 0 Å². The highest BCUT2D eigenvalue weighted by molar-refractivity contribution is 7.09. The Morgan fingerprint density at radius 2 is 1.61 bits per heavy atom. The first-order valence-electron chi connectivity index (χ1n) is 7.57. The maximum Gasteiger partial charge on any atom is 0.224 e. The summed E-state index contributed by atoms with van der Waals surface area (Å²) in [7, 11) is 0. The standard InChI is InChI=1S/C19H18N2OS/c22-18(11-15-7-3-1-4-8-15)20-13-17-14-23-19(21-17)12-16-9-5-2-6-10-16/h1-10,14H,11-13H2,(H,20,22). The van der Waals surface area contributed by atoms with Crippen LogP contribution in [-0.4, -0.2) is 10.9 Å². The maximum atomic E-state index is 11.9. The first-order chi connectivity index (χ1) is 11.3. The molecule has 23 heavy (non-hydrogen) atoms. The first kappa shape index (κ1) is 15.4. The molecule has 0 bridgehead atoms. The molecule has 1 aromatic heterocycles. The molecule has 116 valence electrons. The van der Waals surface area contributed by atoms with E-state index < -0.39 is 0 Å². The molecule has 0 aliphatic carbocycles. The van der Waals surface area contributed by atoms with E-state index in [1.807, 2.05) is 53.9 Å². The van der Waals surface area contributed by atoms with Crippen LogP contribution in [0.5, 0.6) is 0 Å². The van der Waals surface area contributed by atoms with Crippen molar-refractivity contribution in [2.75, 3.05) is 0 Å². The zero-order valence-electron chi connectivity index (χ0n) is 12.7. The van der Waals surface area contributed by atoms with Crippen LogP contribution in [0.2, 0.25) is 0 Å². The van der Waals surface area contributed by atoms with Gasteiger partial charge in [-0.15, -0.1) is 11.3 Å². The Kier molecular flexibility index (Phi) is 5.17. The van der Waals surface area contributed by atoms with E-state index in [-0.39, 0.29) is 5.91 Å². The van der Waals surface area contributed by atoms with Crippen molar-refractivity contribution in [1.29, 1.82) is 0 Å². The minimum atomic E-state index is 0.0220. The molecule has 3 rings (SSSR count). The molecule has 1 heterocycles. The highest BCUT2D eigenvalue weighted by Gasteiger charge is 2.06. The number of thiazole rings is 1. The van der Waals surface area contributed by atoms with Crippen molar-refractivity contribution in [2.24, 2.45) is 0 Å². The van der Waals surface area contributed by atoms with Crippen molar-refractivity contribution in [3.05, 3.63) is 87.9 Å². The van der Waals surface area contributed by atoms with Crippen LogP contribution in [0.4, 0.5) is 0 Å². The van der Waals surface area contributed by atoms with Crippen LogP contribution in [-0.2, 0) is 24.2 Å². The number of aromatic nitrogens is 1. The van der Waals surface area contributed by atoms with E-state index in [4.69, 9.17) is 0 Å². The van der Waals surface area contributed by atoms with Crippen molar-refractivity contribution in [2.45, 2.75) is 19.4 Å². The van der Waals surface area contributed by atoms with E-state index in [2.05, 4.69) is 22.4 Å². The maximum absolute atomic E-state index is 11.9. The Morgan fingerprint density at radius 3 is 2.30 bits per heavy atom. The second kappa shape index (κ2) is 7.70. The fourth-order valence-corrected chi connectivity index (χ4v) is 3.14. The van der Waals surface area contributed by atoms with Crippen LogP contribution in [0.25, 0.3) is 0 Å². The summed E-state index contributed by atoms with van der Waals surface area (Å²) in [6, 6.07) is 20.0. The third-order valence-corrected chi connectivity index (χ3v) is 4.37. The lowest BCUT2D eigenvalue weighted by Gasteiger charge is -2.03. The second-order valence-electron chi connectivity index (χ2n) is 5.33. The molecule has 0 aliphatic heterocycles.